The minimum Gasteiger partial charge on any atom is -0.302 e. The van der Waals surface area contributed by atoms with Crippen LogP contribution in [0.2, 0.25) is 0 Å². The fraction of sp³-hybridized carbons (Fsp3) is 0.400. The summed E-state index contributed by atoms with van der Waals surface area (Å²) in [6.07, 6.45) is 4.75. The Hall–Kier alpha value is -2.34. The second kappa shape index (κ2) is 7.91. The van der Waals surface area contributed by atoms with Crippen molar-refractivity contribution in [3.8, 4) is 0 Å². The molecule has 1 N–H and O–H groups in total. The maximum Gasteiger partial charge on any atom is 0.226 e. The highest BCUT2D eigenvalue weighted by molar-refractivity contribution is 7.17. The van der Waals surface area contributed by atoms with Crippen molar-refractivity contribution in [1.29, 1.82) is 0 Å². The van der Waals surface area contributed by atoms with Crippen LogP contribution in [0.4, 0.5) is 5.13 Å². The minimum absolute atomic E-state index is 0.0201. The zero-order valence-corrected chi connectivity index (χ0v) is 15.9. The van der Waals surface area contributed by atoms with Gasteiger partial charge in [0, 0.05) is 25.3 Å². The van der Waals surface area contributed by atoms with Crippen molar-refractivity contribution in [1.82, 2.24) is 4.98 Å². The maximum atomic E-state index is 12.4. The molecule has 6 heteroatoms. The van der Waals surface area contributed by atoms with Crippen molar-refractivity contribution in [2.24, 2.45) is 0 Å². The number of hydrogen-bond donors (Lipinski definition) is 1. The summed E-state index contributed by atoms with van der Waals surface area (Å²) in [5, 5.41) is 3.08. The van der Waals surface area contributed by atoms with E-state index in [0.29, 0.717) is 21.3 Å². The number of anilines is 1. The largest absolute Gasteiger partial charge is 0.302 e. The highest BCUT2D eigenvalue weighted by Crippen LogP contribution is 2.24. The van der Waals surface area contributed by atoms with E-state index in [0.717, 1.165) is 24.2 Å². The number of amides is 1. The molecular weight excluding hydrogens is 348 g/mol. The number of rotatable bonds is 6. The summed E-state index contributed by atoms with van der Waals surface area (Å²) in [4.78, 5) is 40.7. The highest BCUT2D eigenvalue weighted by Gasteiger charge is 2.16. The van der Waals surface area contributed by atoms with E-state index in [9.17, 15) is 14.4 Å². The number of Topliss-reactive ketones (excluding diaryl/α,β-unsaturated/α-hetero) is 2. The van der Waals surface area contributed by atoms with Gasteiger partial charge in [-0.15, -0.1) is 0 Å². The summed E-state index contributed by atoms with van der Waals surface area (Å²) in [7, 11) is 0. The predicted octanol–water partition coefficient (Wildman–Crippen LogP) is 4.13. The van der Waals surface area contributed by atoms with Gasteiger partial charge in [-0.05, 0) is 49.8 Å². The van der Waals surface area contributed by atoms with Gasteiger partial charge in [-0.25, -0.2) is 4.98 Å². The van der Waals surface area contributed by atoms with Crippen molar-refractivity contribution >= 4 is 33.9 Å². The van der Waals surface area contributed by atoms with Gasteiger partial charge in [0.05, 0.1) is 10.6 Å². The molecule has 0 saturated carbocycles. The Morgan fingerprint density at radius 3 is 2.54 bits per heavy atom. The van der Waals surface area contributed by atoms with E-state index in [2.05, 4.69) is 10.3 Å². The van der Waals surface area contributed by atoms with Crippen LogP contribution in [0.25, 0.3) is 0 Å². The van der Waals surface area contributed by atoms with Gasteiger partial charge >= 0.3 is 0 Å². The molecule has 1 aromatic carbocycles. The van der Waals surface area contributed by atoms with E-state index in [-0.39, 0.29) is 30.3 Å². The van der Waals surface area contributed by atoms with Crippen molar-refractivity contribution in [3.05, 3.63) is 45.5 Å². The van der Waals surface area contributed by atoms with Crippen LogP contribution in [0.5, 0.6) is 0 Å². The third-order valence-corrected chi connectivity index (χ3v) is 5.79. The van der Waals surface area contributed by atoms with Gasteiger partial charge < -0.3 is 5.32 Å². The van der Waals surface area contributed by atoms with E-state index in [1.807, 2.05) is 18.2 Å². The molecule has 2 aromatic rings. The van der Waals surface area contributed by atoms with Crippen LogP contribution in [0, 0.1) is 6.92 Å². The number of aromatic nitrogens is 1. The number of carbonyl (C=O) groups is 3. The van der Waals surface area contributed by atoms with Crippen LogP contribution in [0.3, 0.4) is 0 Å². The third-order valence-electron chi connectivity index (χ3n) is 4.61. The lowest BCUT2D eigenvalue weighted by Gasteiger charge is -2.16. The second-order valence-electron chi connectivity index (χ2n) is 6.65. The first kappa shape index (κ1) is 18.5. The number of thiazole rings is 1. The van der Waals surface area contributed by atoms with E-state index in [1.165, 1.54) is 30.9 Å². The lowest BCUT2D eigenvalue weighted by atomic mass is 9.89. The summed E-state index contributed by atoms with van der Waals surface area (Å²) in [5.41, 5.74) is 3.90. The van der Waals surface area contributed by atoms with E-state index >= 15 is 0 Å². The molecular formula is C20H22N2O3S. The molecule has 0 saturated heterocycles. The number of ketones is 2. The molecule has 0 radical (unpaired) electrons. The topological polar surface area (TPSA) is 76.1 Å². The maximum absolute atomic E-state index is 12.4. The lowest BCUT2D eigenvalue weighted by molar-refractivity contribution is -0.116. The van der Waals surface area contributed by atoms with Crippen molar-refractivity contribution in [2.45, 2.75) is 52.4 Å². The van der Waals surface area contributed by atoms with E-state index in [1.54, 1.807) is 6.92 Å². The first-order valence-electron chi connectivity index (χ1n) is 8.87. The summed E-state index contributed by atoms with van der Waals surface area (Å²) in [6, 6.07) is 5.90. The van der Waals surface area contributed by atoms with Crippen molar-refractivity contribution in [3.63, 3.8) is 0 Å². The van der Waals surface area contributed by atoms with Crippen LogP contribution in [0.15, 0.2) is 18.2 Å². The summed E-state index contributed by atoms with van der Waals surface area (Å²) in [5.74, 6) is -0.350. The van der Waals surface area contributed by atoms with Gasteiger partial charge in [0.15, 0.2) is 16.7 Å². The number of benzene rings is 1. The highest BCUT2D eigenvalue weighted by atomic mass is 32.1. The zero-order valence-electron chi connectivity index (χ0n) is 15.1. The number of aryl methyl sites for hydroxylation is 3. The van der Waals surface area contributed by atoms with Crippen molar-refractivity contribution < 1.29 is 14.4 Å². The molecule has 5 nitrogen and oxygen atoms in total. The molecule has 26 heavy (non-hydrogen) atoms. The number of nitrogens with one attached hydrogen (secondary N) is 1. The monoisotopic (exact) mass is 370 g/mol. The molecule has 0 aliphatic heterocycles. The molecule has 0 spiro atoms. The van der Waals surface area contributed by atoms with Crippen LogP contribution < -0.4 is 5.32 Å². The second-order valence-corrected chi connectivity index (χ2v) is 7.65. The molecule has 0 unspecified atom stereocenters. The molecule has 1 aliphatic rings. The predicted molar refractivity (Wildman–Crippen MR) is 102 cm³/mol. The standard InChI is InChI=1S/C20H22N2O3S/c1-12-19(13(2)23)26-20(21-12)22-18(25)10-9-17(24)16-8-7-14-5-3-4-6-15(14)11-16/h7-8,11H,3-6,9-10H2,1-2H3,(H,21,22,25). The Kier molecular flexibility index (Phi) is 5.61. The van der Waals surface area contributed by atoms with Gasteiger partial charge in [0.25, 0.3) is 0 Å². The third kappa shape index (κ3) is 4.25. The average molecular weight is 370 g/mol. The van der Waals surface area contributed by atoms with Gasteiger partial charge in [-0.1, -0.05) is 23.5 Å². The smallest absolute Gasteiger partial charge is 0.226 e. The van der Waals surface area contributed by atoms with Crippen LogP contribution >= 0.6 is 11.3 Å². The molecule has 1 amide bonds. The van der Waals surface area contributed by atoms with Gasteiger partial charge in [-0.3, -0.25) is 14.4 Å². The SMILES string of the molecule is CC(=O)c1sc(NC(=O)CCC(=O)c2ccc3c(c2)CCCC3)nc1C. The number of fused-ring (bicyclic) bond motifs is 1. The fourth-order valence-electron chi connectivity index (χ4n) is 3.24. The summed E-state index contributed by atoms with van der Waals surface area (Å²) < 4.78 is 0. The molecule has 0 fully saturated rings. The van der Waals surface area contributed by atoms with E-state index < -0.39 is 0 Å². The van der Waals surface area contributed by atoms with Gasteiger partial charge in [-0.2, -0.15) is 0 Å². The quantitative estimate of drug-likeness (QED) is 0.776. The fourth-order valence-corrected chi connectivity index (χ4v) is 4.11. The Morgan fingerprint density at radius 2 is 1.85 bits per heavy atom. The normalized spacial score (nSPS) is 13.2. The molecule has 1 heterocycles. The number of nitrogens with zero attached hydrogens (tertiary/aromatic N) is 1. The minimum atomic E-state index is -0.264. The van der Waals surface area contributed by atoms with Gasteiger partial charge in [0.2, 0.25) is 5.91 Å². The first-order valence-corrected chi connectivity index (χ1v) is 9.69. The van der Waals surface area contributed by atoms with Crippen LogP contribution in [0.1, 0.15) is 69.5 Å². The lowest BCUT2D eigenvalue weighted by Crippen LogP contribution is -2.14. The van der Waals surface area contributed by atoms with E-state index in [4.69, 9.17) is 0 Å². The molecule has 3 rings (SSSR count). The molecule has 136 valence electrons. The summed E-state index contributed by atoms with van der Waals surface area (Å²) in [6.45, 7) is 3.21. The van der Waals surface area contributed by atoms with Crippen LogP contribution in [-0.4, -0.2) is 22.5 Å². The van der Waals surface area contributed by atoms with Gasteiger partial charge in [0.1, 0.15) is 0 Å². The molecule has 1 aromatic heterocycles. The first-order chi connectivity index (χ1) is 12.4. The molecule has 0 bridgehead atoms. The zero-order chi connectivity index (χ0) is 18.7. The Labute approximate surface area is 156 Å². The molecule has 1 aliphatic carbocycles. The Balaban J connectivity index is 1.56. The average Bonchev–Trinajstić information content (AvgIpc) is 2.99. The Morgan fingerprint density at radius 1 is 1.12 bits per heavy atom. The Bertz CT molecular complexity index is 870. The summed E-state index contributed by atoms with van der Waals surface area (Å²) >= 11 is 1.16. The van der Waals surface area contributed by atoms with Crippen molar-refractivity contribution in [2.75, 3.05) is 5.32 Å². The van der Waals surface area contributed by atoms with Crippen LogP contribution in [-0.2, 0) is 17.6 Å². The number of hydrogen-bond acceptors (Lipinski definition) is 5. The molecule has 0 atom stereocenters. The number of carbonyl (C=O) groups excluding carboxylic acids is 3.